The Hall–Kier alpha value is -4.06. The predicted octanol–water partition coefficient (Wildman–Crippen LogP) is 1.35. The molecule has 0 radical (unpaired) electrons. The first kappa shape index (κ1) is 22.7. The molecule has 0 saturated carbocycles. The molecule has 182 valence electrons. The highest BCUT2D eigenvalue weighted by Gasteiger charge is 2.34. The summed E-state index contributed by atoms with van der Waals surface area (Å²) in [6.45, 7) is 1.09. The summed E-state index contributed by atoms with van der Waals surface area (Å²) in [5.41, 5.74) is 0.921. The lowest BCUT2D eigenvalue weighted by Crippen LogP contribution is -2.32. The number of benzene rings is 1. The van der Waals surface area contributed by atoms with Crippen molar-refractivity contribution < 1.29 is 23.5 Å². The first-order valence-electron chi connectivity index (χ1n) is 11.2. The van der Waals surface area contributed by atoms with Gasteiger partial charge in [0.1, 0.15) is 11.9 Å². The van der Waals surface area contributed by atoms with E-state index in [-0.39, 0.29) is 48.0 Å². The maximum absolute atomic E-state index is 14.5. The summed E-state index contributed by atoms with van der Waals surface area (Å²) in [7, 11) is 1.64. The van der Waals surface area contributed by atoms with Crippen LogP contribution < -0.4 is 25.8 Å². The number of carbonyl (C=O) groups excluding carboxylic acids is 2. The Morgan fingerprint density at radius 1 is 1.23 bits per heavy atom. The number of nitrogens with one attached hydrogen (secondary N) is 2. The molecule has 4 heterocycles. The molecule has 5 rings (SSSR count). The van der Waals surface area contributed by atoms with Gasteiger partial charge in [0, 0.05) is 25.2 Å². The van der Waals surface area contributed by atoms with E-state index >= 15 is 0 Å². The number of hydrogen-bond acceptors (Lipinski definition) is 8. The molecule has 1 fully saturated rings. The maximum Gasteiger partial charge on any atom is 0.416 e. The molecular formula is C23H23FN6O5. The van der Waals surface area contributed by atoms with Crippen molar-refractivity contribution in [2.75, 3.05) is 36.5 Å². The van der Waals surface area contributed by atoms with Crippen molar-refractivity contribution >= 4 is 34.5 Å². The van der Waals surface area contributed by atoms with Crippen molar-refractivity contribution in [3.8, 4) is 5.88 Å². The van der Waals surface area contributed by atoms with Crippen LogP contribution in [0.4, 0.5) is 20.8 Å². The Bertz CT molecular complexity index is 1380. The Kier molecular flexibility index (Phi) is 6.03. The summed E-state index contributed by atoms with van der Waals surface area (Å²) in [6.07, 6.45) is 1.48. The Balaban J connectivity index is 1.15. The first-order valence-corrected chi connectivity index (χ1v) is 11.2. The molecule has 1 saturated heterocycles. The van der Waals surface area contributed by atoms with E-state index in [1.54, 1.807) is 19.2 Å². The summed E-state index contributed by atoms with van der Waals surface area (Å²) in [6, 6.07) is 6.26. The number of halogens is 1. The van der Waals surface area contributed by atoms with Crippen LogP contribution in [0.5, 0.6) is 5.88 Å². The molecule has 1 aromatic carbocycles. The van der Waals surface area contributed by atoms with Crippen LogP contribution in [0.25, 0.3) is 10.9 Å². The van der Waals surface area contributed by atoms with Crippen molar-refractivity contribution in [1.82, 2.24) is 19.9 Å². The van der Waals surface area contributed by atoms with Gasteiger partial charge in [-0.3, -0.25) is 14.5 Å². The van der Waals surface area contributed by atoms with Gasteiger partial charge in [-0.05, 0) is 43.0 Å². The fraction of sp³-hybridized carbons (Fsp3) is 0.348. The van der Waals surface area contributed by atoms with Gasteiger partial charge in [0.15, 0.2) is 18.2 Å². The van der Waals surface area contributed by atoms with E-state index in [2.05, 4.69) is 20.6 Å². The molecule has 0 bridgehead atoms. The zero-order valence-corrected chi connectivity index (χ0v) is 18.9. The third kappa shape index (κ3) is 4.52. The maximum atomic E-state index is 14.5. The Morgan fingerprint density at radius 2 is 2.06 bits per heavy atom. The van der Waals surface area contributed by atoms with Crippen molar-refractivity contribution in [1.29, 1.82) is 0 Å². The average molecular weight is 482 g/mol. The molecule has 2 aliphatic heterocycles. The molecule has 2 amide bonds. The monoisotopic (exact) mass is 482 g/mol. The molecule has 2 aromatic heterocycles. The molecule has 3 aromatic rings. The van der Waals surface area contributed by atoms with Crippen LogP contribution in [-0.4, -0.2) is 58.9 Å². The van der Waals surface area contributed by atoms with Gasteiger partial charge in [-0.1, -0.05) is 0 Å². The number of fused-ring (bicyclic) bond motifs is 2. The lowest BCUT2D eigenvalue weighted by Gasteiger charge is -2.18. The van der Waals surface area contributed by atoms with Gasteiger partial charge in [-0.15, -0.1) is 0 Å². The molecule has 12 heteroatoms. The lowest BCUT2D eigenvalue weighted by atomic mass is 10.0. The average Bonchev–Trinajstić information content (AvgIpc) is 3.22. The first-order chi connectivity index (χ1) is 16.9. The van der Waals surface area contributed by atoms with E-state index in [4.69, 9.17) is 9.47 Å². The summed E-state index contributed by atoms with van der Waals surface area (Å²) in [5, 5.41) is 6.60. The topological polar surface area (TPSA) is 128 Å². The number of ether oxygens (including phenoxy) is 2. The number of rotatable bonds is 7. The fourth-order valence-electron chi connectivity index (χ4n) is 4.24. The van der Waals surface area contributed by atoms with Gasteiger partial charge in [-0.2, -0.15) is 0 Å². The highest BCUT2D eigenvalue weighted by atomic mass is 19.1. The molecule has 0 aliphatic carbocycles. The molecular weight excluding hydrogens is 459 g/mol. The molecule has 2 N–H and O–H groups in total. The zero-order valence-electron chi connectivity index (χ0n) is 18.9. The van der Waals surface area contributed by atoms with Crippen LogP contribution >= 0.6 is 0 Å². The van der Waals surface area contributed by atoms with Crippen molar-refractivity contribution in [3.63, 3.8) is 0 Å². The minimum absolute atomic E-state index is 0.133. The summed E-state index contributed by atoms with van der Waals surface area (Å²) < 4.78 is 26.6. The minimum Gasteiger partial charge on any atom is -0.465 e. The van der Waals surface area contributed by atoms with E-state index < -0.39 is 12.2 Å². The van der Waals surface area contributed by atoms with Crippen LogP contribution in [0.2, 0.25) is 0 Å². The Labute approximate surface area is 198 Å². The van der Waals surface area contributed by atoms with Crippen molar-refractivity contribution in [2.24, 2.45) is 7.05 Å². The summed E-state index contributed by atoms with van der Waals surface area (Å²) in [4.78, 5) is 45.5. The summed E-state index contributed by atoms with van der Waals surface area (Å²) in [5.74, 6) is -0.0836. The smallest absolute Gasteiger partial charge is 0.416 e. The highest BCUT2D eigenvalue weighted by Crippen LogP contribution is 2.27. The van der Waals surface area contributed by atoms with Crippen molar-refractivity contribution in [3.05, 3.63) is 52.2 Å². The summed E-state index contributed by atoms with van der Waals surface area (Å²) >= 11 is 0. The number of aromatic nitrogens is 3. The second-order valence-electron chi connectivity index (χ2n) is 8.34. The van der Waals surface area contributed by atoms with E-state index in [0.717, 1.165) is 5.39 Å². The Morgan fingerprint density at radius 3 is 2.91 bits per heavy atom. The molecule has 1 atom stereocenters. The second kappa shape index (κ2) is 9.29. The predicted molar refractivity (Wildman–Crippen MR) is 124 cm³/mol. The van der Waals surface area contributed by atoms with Gasteiger partial charge in [0.2, 0.25) is 0 Å². The third-order valence-corrected chi connectivity index (χ3v) is 5.96. The van der Waals surface area contributed by atoms with Crippen molar-refractivity contribution in [2.45, 2.75) is 18.9 Å². The standard InChI is InChI=1S/C23H23FN6O5/c1-29-19(32)7-5-13-4-6-16(24)15(20(13)29)3-2-8-25-9-14-11-30(23(33)35-14)17-10-26-22-21(27-17)28-18(31)12-34-22/h4-7,10,14,25H,2-3,8-9,11-12H2,1H3,(H,27,28,31)/t14-/m1/s1. The second-order valence-corrected chi connectivity index (χ2v) is 8.34. The van der Waals surface area contributed by atoms with Gasteiger partial charge in [0.05, 0.1) is 18.3 Å². The van der Waals surface area contributed by atoms with Crippen LogP contribution in [0.3, 0.4) is 0 Å². The number of aryl methyl sites for hydroxylation is 2. The number of anilines is 2. The van der Waals surface area contributed by atoms with E-state index in [1.165, 1.54) is 27.8 Å². The molecule has 0 spiro atoms. The quantitative estimate of drug-likeness (QED) is 0.483. The van der Waals surface area contributed by atoms with Gasteiger partial charge < -0.3 is 24.7 Å². The van der Waals surface area contributed by atoms with Crippen LogP contribution in [0.1, 0.15) is 12.0 Å². The SMILES string of the molecule is Cn1c(=O)ccc2ccc(F)c(CCCNC[C@@H]3CN(c4cnc5c(n4)NC(=O)CO5)C(=O)O3)c21. The number of carbonyl (C=O) groups is 2. The lowest BCUT2D eigenvalue weighted by molar-refractivity contribution is -0.118. The van der Waals surface area contributed by atoms with E-state index in [9.17, 15) is 18.8 Å². The molecule has 11 nitrogen and oxygen atoms in total. The number of cyclic esters (lactones) is 1. The zero-order chi connectivity index (χ0) is 24.5. The molecule has 2 aliphatic rings. The number of nitrogens with zero attached hydrogens (tertiary/aromatic N) is 4. The van der Waals surface area contributed by atoms with E-state index in [0.29, 0.717) is 37.0 Å². The largest absolute Gasteiger partial charge is 0.465 e. The van der Waals surface area contributed by atoms with Crippen LogP contribution in [0, 0.1) is 5.82 Å². The van der Waals surface area contributed by atoms with Crippen LogP contribution in [-0.2, 0) is 23.0 Å². The number of amides is 2. The highest BCUT2D eigenvalue weighted by molar-refractivity contribution is 5.94. The van der Waals surface area contributed by atoms with Gasteiger partial charge in [-0.25, -0.2) is 19.2 Å². The number of hydrogen-bond donors (Lipinski definition) is 2. The van der Waals surface area contributed by atoms with Gasteiger partial charge in [0.25, 0.3) is 17.3 Å². The normalized spacial score (nSPS) is 17.2. The third-order valence-electron chi connectivity index (χ3n) is 5.96. The molecule has 0 unspecified atom stereocenters. The fourth-order valence-corrected chi connectivity index (χ4v) is 4.24. The van der Waals surface area contributed by atoms with Gasteiger partial charge >= 0.3 is 6.09 Å². The molecule has 35 heavy (non-hydrogen) atoms. The minimum atomic E-state index is -0.562. The van der Waals surface area contributed by atoms with Crippen LogP contribution in [0.15, 0.2) is 35.3 Å². The number of pyridine rings is 1. The van der Waals surface area contributed by atoms with E-state index in [1.807, 2.05) is 0 Å².